The number of hydrogen-bond donors (Lipinski definition) is 0. The molecule has 0 fully saturated rings. The second-order valence-electron chi connectivity index (χ2n) is 7.86. The average molecular weight is 496 g/mol. The van der Waals surface area contributed by atoms with E-state index in [9.17, 15) is 18.0 Å². The number of ether oxygens (including phenoxy) is 2. The predicted molar refractivity (Wildman–Crippen MR) is 129 cm³/mol. The van der Waals surface area contributed by atoms with Crippen LogP contribution in [-0.4, -0.2) is 23.9 Å². The first kappa shape index (κ1) is 24.8. The van der Waals surface area contributed by atoms with Gasteiger partial charge in [-0.3, -0.25) is 0 Å². The van der Waals surface area contributed by atoms with E-state index >= 15 is 0 Å². The molecule has 0 saturated heterocycles. The monoisotopic (exact) mass is 496 g/mol. The lowest BCUT2D eigenvalue weighted by Gasteiger charge is -2.25. The third-order valence-corrected chi connectivity index (χ3v) is 5.33. The Morgan fingerprint density at radius 3 is 2.28 bits per heavy atom. The zero-order chi connectivity index (χ0) is 25.7. The van der Waals surface area contributed by atoms with Gasteiger partial charge in [0.1, 0.15) is 5.75 Å². The van der Waals surface area contributed by atoms with E-state index in [0.29, 0.717) is 22.7 Å². The lowest BCUT2D eigenvalue weighted by Crippen LogP contribution is -2.28. The van der Waals surface area contributed by atoms with E-state index in [2.05, 4.69) is 9.72 Å². The molecular formula is C27H23F3N2O4. The Morgan fingerprint density at radius 1 is 0.944 bits per heavy atom. The summed E-state index contributed by atoms with van der Waals surface area (Å²) in [5, 5.41) is 3.51. The lowest BCUT2D eigenvalue weighted by atomic mass is 10.1. The number of anilines is 1. The van der Waals surface area contributed by atoms with Gasteiger partial charge in [-0.1, -0.05) is 36.4 Å². The van der Waals surface area contributed by atoms with Gasteiger partial charge in [0.15, 0.2) is 11.6 Å². The zero-order valence-electron chi connectivity index (χ0n) is 19.6. The van der Waals surface area contributed by atoms with Crippen molar-refractivity contribution in [2.24, 2.45) is 0 Å². The molecule has 36 heavy (non-hydrogen) atoms. The van der Waals surface area contributed by atoms with E-state index in [-0.39, 0.29) is 18.9 Å². The van der Waals surface area contributed by atoms with Crippen molar-refractivity contribution in [3.05, 3.63) is 95.7 Å². The summed E-state index contributed by atoms with van der Waals surface area (Å²) >= 11 is 0. The number of nitrogens with zero attached hydrogens (tertiary/aromatic N) is 2. The molecule has 0 radical (unpaired) electrons. The van der Waals surface area contributed by atoms with E-state index < -0.39 is 12.3 Å². The highest BCUT2D eigenvalue weighted by Crippen LogP contribution is 2.29. The number of benzene rings is 3. The van der Waals surface area contributed by atoms with Crippen LogP contribution in [0, 0.1) is 6.92 Å². The molecule has 4 aromatic rings. The molecule has 4 rings (SSSR count). The van der Waals surface area contributed by atoms with Gasteiger partial charge in [0.05, 0.1) is 18.7 Å². The Kier molecular flexibility index (Phi) is 7.28. The number of rotatable bonds is 8. The maximum atomic E-state index is 12.5. The molecule has 0 aliphatic heterocycles. The van der Waals surface area contributed by atoms with Crippen LogP contribution < -0.4 is 14.6 Å². The Bertz CT molecular complexity index is 1340. The van der Waals surface area contributed by atoms with Gasteiger partial charge in [0.2, 0.25) is 0 Å². The van der Waals surface area contributed by atoms with E-state index in [1.165, 1.54) is 24.3 Å². The van der Waals surface area contributed by atoms with Gasteiger partial charge in [-0.15, -0.1) is 13.2 Å². The molecule has 6 nitrogen and oxygen atoms in total. The number of aromatic nitrogens is 1. The maximum Gasteiger partial charge on any atom is 0.573 e. The lowest BCUT2D eigenvalue weighted by molar-refractivity contribution is -0.274. The summed E-state index contributed by atoms with van der Waals surface area (Å²) in [7, 11) is 0. The van der Waals surface area contributed by atoms with Crippen molar-refractivity contribution < 1.29 is 32.3 Å². The molecule has 0 aliphatic rings. The second kappa shape index (κ2) is 10.6. The minimum Gasteiger partial charge on any atom is -0.462 e. The number of esters is 1. The number of carbonyl (C=O) groups excluding carboxylic acids is 1. The smallest absolute Gasteiger partial charge is 0.462 e. The summed E-state index contributed by atoms with van der Waals surface area (Å²) in [6, 6.07) is 19.8. The average Bonchev–Trinajstić information content (AvgIpc) is 2.85. The maximum absolute atomic E-state index is 12.5. The largest absolute Gasteiger partial charge is 0.573 e. The summed E-state index contributed by atoms with van der Waals surface area (Å²) in [6.45, 7) is 4.10. The van der Waals surface area contributed by atoms with Crippen molar-refractivity contribution in [3.8, 4) is 11.5 Å². The Hall–Kier alpha value is -4.27. The SMILES string of the molecule is CCOC(=O)c1ccc(ON(Cc2ccc(OC(F)(F)F)cc2)c2ncc3ccccc3c2C)cc1. The highest BCUT2D eigenvalue weighted by atomic mass is 19.4. The number of carbonyl (C=O) groups is 1. The van der Waals surface area contributed by atoms with Crippen LogP contribution >= 0.6 is 0 Å². The summed E-state index contributed by atoms with van der Waals surface area (Å²) < 4.78 is 46.5. The molecule has 1 aromatic heterocycles. The molecule has 186 valence electrons. The fraction of sp³-hybridized carbons (Fsp3) is 0.185. The van der Waals surface area contributed by atoms with Crippen LogP contribution in [0.4, 0.5) is 19.0 Å². The van der Waals surface area contributed by atoms with Gasteiger partial charge < -0.3 is 14.3 Å². The van der Waals surface area contributed by atoms with Gasteiger partial charge in [0.25, 0.3) is 0 Å². The number of fused-ring (bicyclic) bond motifs is 1. The zero-order valence-corrected chi connectivity index (χ0v) is 19.6. The van der Waals surface area contributed by atoms with Crippen LogP contribution in [0.5, 0.6) is 11.5 Å². The molecule has 0 amide bonds. The first-order valence-electron chi connectivity index (χ1n) is 11.1. The van der Waals surface area contributed by atoms with E-state index in [4.69, 9.17) is 9.57 Å². The van der Waals surface area contributed by atoms with Crippen molar-refractivity contribution in [2.75, 3.05) is 11.7 Å². The normalized spacial score (nSPS) is 11.2. The third-order valence-electron chi connectivity index (χ3n) is 5.33. The van der Waals surface area contributed by atoms with Gasteiger partial charge in [-0.25, -0.2) is 9.78 Å². The molecule has 0 unspecified atom stereocenters. The molecule has 0 aliphatic carbocycles. The number of alkyl halides is 3. The Balaban J connectivity index is 1.64. The molecule has 1 heterocycles. The first-order chi connectivity index (χ1) is 17.2. The van der Waals surface area contributed by atoms with Gasteiger partial charge in [0, 0.05) is 17.1 Å². The molecule has 9 heteroatoms. The first-order valence-corrected chi connectivity index (χ1v) is 11.1. The standard InChI is InChI=1S/C27H23F3N2O4/c1-3-34-26(33)20-10-14-23(15-11-20)36-32(17-19-8-12-22(13-9-19)35-27(28,29)30)25-18(2)24-7-5-4-6-21(24)16-31-25/h4-16H,3,17H2,1-2H3. The van der Waals surface area contributed by atoms with Crippen LogP contribution in [0.15, 0.2) is 79.0 Å². The van der Waals surface area contributed by atoms with Crippen molar-refractivity contribution in [3.63, 3.8) is 0 Å². The Labute approximate surface area is 205 Å². The Morgan fingerprint density at radius 2 is 1.61 bits per heavy atom. The van der Waals surface area contributed by atoms with Crippen molar-refractivity contribution in [1.29, 1.82) is 0 Å². The topological polar surface area (TPSA) is 60.9 Å². The van der Waals surface area contributed by atoms with Crippen LogP contribution in [-0.2, 0) is 11.3 Å². The quantitative estimate of drug-likeness (QED) is 0.202. The fourth-order valence-electron chi connectivity index (χ4n) is 3.66. The van der Waals surface area contributed by atoms with Gasteiger partial charge >= 0.3 is 12.3 Å². The summed E-state index contributed by atoms with van der Waals surface area (Å²) in [4.78, 5) is 22.7. The summed E-state index contributed by atoms with van der Waals surface area (Å²) in [6.07, 6.45) is -3.03. The minimum absolute atomic E-state index is 0.179. The second-order valence-corrected chi connectivity index (χ2v) is 7.86. The predicted octanol–water partition coefficient (Wildman–Crippen LogP) is 6.62. The molecule has 0 spiro atoms. The van der Waals surface area contributed by atoms with Gasteiger partial charge in [-0.05, 0) is 61.2 Å². The molecule has 0 atom stereocenters. The third kappa shape index (κ3) is 6.04. The number of pyridine rings is 1. The van der Waals surface area contributed by atoms with Crippen molar-refractivity contribution in [1.82, 2.24) is 4.98 Å². The van der Waals surface area contributed by atoms with Crippen molar-refractivity contribution in [2.45, 2.75) is 26.8 Å². The van der Waals surface area contributed by atoms with E-state index in [1.54, 1.807) is 42.4 Å². The van der Waals surface area contributed by atoms with Crippen LogP contribution in [0.2, 0.25) is 0 Å². The summed E-state index contributed by atoms with van der Waals surface area (Å²) in [5.74, 6) is 0.232. The number of hydrogen-bond acceptors (Lipinski definition) is 6. The van der Waals surface area contributed by atoms with E-state index in [0.717, 1.165) is 16.3 Å². The highest BCUT2D eigenvalue weighted by molar-refractivity contribution is 5.89. The molecule has 3 aromatic carbocycles. The number of aryl methyl sites for hydroxylation is 1. The molecular weight excluding hydrogens is 473 g/mol. The van der Waals surface area contributed by atoms with Crippen LogP contribution in [0.1, 0.15) is 28.4 Å². The van der Waals surface area contributed by atoms with Crippen LogP contribution in [0.3, 0.4) is 0 Å². The molecule has 0 saturated carbocycles. The van der Waals surface area contributed by atoms with Crippen molar-refractivity contribution >= 4 is 22.6 Å². The van der Waals surface area contributed by atoms with Crippen LogP contribution in [0.25, 0.3) is 10.8 Å². The fourth-order valence-corrected chi connectivity index (χ4v) is 3.66. The summed E-state index contributed by atoms with van der Waals surface area (Å²) in [5.41, 5.74) is 1.92. The van der Waals surface area contributed by atoms with Gasteiger partial charge in [-0.2, -0.15) is 5.06 Å². The molecule has 0 N–H and O–H groups in total. The molecule has 0 bridgehead atoms. The highest BCUT2D eigenvalue weighted by Gasteiger charge is 2.31. The minimum atomic E-state index is -4.77. The number of halogens is 3. The number of hydroxylamine groups is 1. The van der Waals surface area contributed by atoms with E-state index in [1.807, 2.05) is 31.2 Å².